The van der Waals surface area contributed by atoms with Crippen molar-refractivity contribution in [2.45, 2.75) is 54.3 Å². The molecule has 0 aliphatic heterocycles. The van der Waals surface area contributed by atoms with Gasteiger partial charge in [-0.25, -0.2) is 9.59 Å². The number of aliphatic carboxylic acids is 4. The summed E-state index contributed by atoms with van der Waals surface area (Å²) < 4.78 is 207. The van der Waals surface area contributed by atoms with Gasteiger partial charge in [0.1, 0.15) is 31.7 Å². The largest absolute Gasteiger partial charge is 0.481 e. The molecule has 0 aliphatic carbocycles. The van der Waals surface area contributed by atoms with Gasteiger partial charge in [-0.15, -0.1) is 0 Å². The maximum Gasteiger partial charge on any atom is 0.326 e. The van der Waals surface area contributed by atoms with E-state index in [2.05, 4.69) is 61.8 Å². The Balaban J connectivity index is 1.39. The summed E-state index contributed by atoms with van der Waals surface area (Å²) in [6.07, 6.45) is -0.427. The summed E-state index contributed by atoms with van der Waals surface area (Å²) in [6.45, 7) is 0. The molecule has 0 amide bonds. The second-order valence-electron chi connectivity index (χ2n) is 16.4. The Hall–Kier alpha value is -9.22. The van der Waals surface area contributed by atoms with E-state index in [1.54, 1.807) is 0 Å². The minimum atomic E-state index is -5.31. The van der Waals surface area contributed by atoms with Crippen LogP contribution in [0, 0.1) is 0 Å². The van der Waals surface area contributed by atoms with Crippen LogP contribution >= 0.6 is 0 Å². The van der Waals surface area contributed by atoms with Crippen LogP contribution in [-0.4, -0.2) is 164 Å². The minimum absolute atomic E-state index is 0.370. The van der Waals surface area contributed by atoms with Crippen molar-refractivity contribution in [3.8, 4) is 0 Å². The van der Waals surface area contributed by atoms with E-state index in [0.717, 1.165) is 36.4 Å². The smallest absolute Gasteiger partial charge is 0.326 e. The Kier molecular flexibility index (Phi) is 18.5. The second-order valence-corrected chi connectivity index (χ2v) is 24.8. The number of carbonyl (C=O) groups is 4. The summed E-state index contributed by atoms with van der Waals surface area (Å²) >= 11 is 0. The van der Waals surface area contributed by atoms with E-state index < -0.39 is 197 Å². The fraction of sp³-hybridized carbons (Fsp3) is 0.100. The van der Waals surface area contributed by atoms with Crippen molar-refractivity contribution in [3.63, 3.8) is 0 Å². The van der Waals surface area contributed by atoms with Gasteiger partial charge < -0.3 is 52.3 Å². The second kappa shape index (κ2) is 24.3. The lowest BCUT2D eigenvalue weighted by Crippen LogP contribution is -2.32. The van der Waals surface area contributed by atoms with Crippen molar-refractivity contribution in [1.82, 2.24) is 29.9 Å². The molecular formula is C40H36N12O26S6. The summed E-state index contributed by atoms with van der Waals surface area (Å²) in [5, 5.41) is 51.5. The predicted octanol–water partition coefficient (Wildman–Crippen LogP) is 1.36. The standard InChI is InChI=1S/C40H36N12O26S6/c53-31(54)15-25(33(57)58)45-39-49-35(47-37(51-39)43-23-13-21(79(61,62)63)7-9-27(23)81(67,68)69)41-19-5-3-17(29(11-19)83(73,74)75)1-2-18-4-6-20(12-30(18)84(76,77)78)42-36-48-38(52-40(50-36)46-26(34(59)60)16-32(55)56)44-24-14-22(80(64,65)66)8-10-28(24)82(70,71)72/h1-14,25-26H,15-16H2,(H,53,54)(H,55,56)(H,57,58)(H,59,60)(H,61,62,63)(H,64,65,66)(H,67,68,69)(H,70,71,72)(H,73,74,75)(H,76,77,78)(H3,41,43,45,47,49,51)(H3,42,44,46,48,50,52). The van der Waals surface area contributed by atoms with Crippen LogP contribution in [-0.2, 0) is 79.9 Å². The highest BCUT2D eigenvalue weighted by Gasteiger charge is 2.28. The quantitative estimate of drug-likeness (QED) is 0.0269. The van der Waals surface area contributed by atoms with Crippen LogP contribution in [0.25, 0.3) is 12.2 Å². The van der Waals surface area contributed by atoms with Crippen molar-refractivity contribution < 1.29 is 117 Å². The van der Waals surface area contributed by atoms with Gasteiger partial charge in [0.25, 0.3) is 60.7 Å². The zero-order valence-electron chi connectivity index (χ0n) is 40.8. The molecule has 84 heavy (non-hydrogen) atoms. The molecule has 0 fully saturated rings. The van der Waals surface area contributed by atoms with Gasteiger partial charge in [-0.05, 0) is 71.8 Å². The van der Waals surface area contributed by atoms with Gasteiger partial charge in [0, 0.05) is 11.4 Å². The number of nitrogens with one attached hydrogen (secondary N) is 6. The van der Waals surface area contributed by atoms with E-state index in [1.165, 1.54) is 0 Å². The molecule has 4 aromatic carbocycles. The van der Waals surface area contributed by atoms with Crippen molar-refractivity contribution in [2.75, 3.05) is 31.9 Å². The fourth-order valence-corrected chi connectivity index (χ4v) is 10.5. The highest BCUT2D eigenvalue weighted by Crippen LogP contribution is 2.32. The molecular weight excluding hydrogens is 1260 g/mol. The number of rotatable bonds is 26. The topological polar surface area (TPSA) is 625 Å². The molecule has 44 heteroatoms. The van der Waals surface area contributed by atoms with Crippen molar-refractivity contribution >= 4 is 155 Å². The normalized spacial score (nSPS) is 13.1. The average Bonchev–Trinajstić information content (AvgIpc) is 3.43. The summed E-state index contributed by atoms with van der Waals surface area (Å²) in [6, 6.07) is 4.72. The molecule has 2 heterocycles. The predicted molar refractivity (Wildman–Crippen MR) is 281 cm³/mol. The van der Waals surface area contributed by atoms with E-state index in [4.69, 9.17) is 0 Å². The summed E-state index contributed by atoms with van der Waals surface area (Å²) in [5.41, 5.74) is -3.29. The van der Waals surface area contributed by atoms with Crippen LogP contribution in [0.4, 0.5) is 58.4 Å². The molecule has 2 atom stereocenters. The lowest BCUT2D eigenvalue weighted by Gasteiger charge is -2.16. The van der Waals surface area contributed by atoms with Crippen LogP contribution in [0.2, 0.25) is 0 Å². The van der Waals surface area contributed by atoms with Gasteiger partial charge in [0.2, 0.25) is 35.7 Å². The monoisotopic (exact) mass is 1290 g/mol. The molecule has 0 saturated carbocycles. The number of nitrogens with zero attached hydrogens (tertiary/aromatic N) is 6. The summed E-state index contributed by atoms with van der Waals surface area (Å²) in [5.74, 6) is -11.6. The van der Waals surface area contributed by atoms with Crippen molar-refractivity contribution in [2.24, 2.45) is 0 Å². The number of anilines is 10. The summed E-state index contributed by atoms with van der Waals surface area (Å²) in [7, 11) is -31.2. The SMILES string of the molecule is O=C(O)CC(Nc1nc(Nc2ccc(C=Cc3ccc(Nc4nc(Nc5cc(S(=O)(=O)O)ccc5S(=O)(=O)O)nc(NC(CC(=O)O)C(=O)O)n4)cc3S(=O)(=O)O)c(S(=O)(=O)O)c2)nc(Nc2cc(S(=O)(=O)O)ccc2S(=O)(=O)O)n1)C(=O)O. The van der Waals surface area contributed by atoms with E-state index in [1.807, 2.05) is 0 Å². The Bertz CT molecular complexity index is 4160. The molecule has 0 bridgehead atoms. The van der Waals surface area contributed by atoms with Crippen molar-refractivity contribution in [3.05, 3.63) is 83.9 Å². The molecule has 448 valence electrons. The lowest BCUT2D eigenvalue weighted by molar-refractivity contribution is -0.144. The molecule has 2 aromatic heterocycles. The highest BCUT2D eigenvalue weighted by molar-refractivity contribution is 7.87. The maximum absolute atomic E-state index is 12.8. The number of benzene rings is 4. The Morgan fingerprint density at radius 3 is 0.952 bits per heavy atom. The van der Waals surface area contributed by atoms with Gasteiger partial charge >= 0.3 is 23.9 Å². The first-order valence-corrected chi connectivity index (χ1v) is 30.4. The first kappa shape index (κ1) is 64.0. The van der Waals surface area contributed by atoms with Gasteiger partial charge in [-0.2, -0.15) is 80.4 Å². The third-order valence-corrected chi connectivity index (χ3v) is 15.7. The first-order chi connectivity index (χ1) is 38.6. The molecule has 0 radical (unpaired) electrons. The lowest BCUT2D eigenvalue weighted by atomic mass is 10.1. The zero-order chi connectivity index (χ0) is 62.7. The molecule has 38 nitrogen and oxygen atoms in total. The third-order valence-electron chi connectivity index (χ3n) is 10.3. The molecule has 2 unspecified atom stereocenters. The molecule has 0 spiro atoms. The Morgan fingerprint density at radius 1 is 0.381 bits per heavy atom. The average molecular weight is 1290 g/mol. The van der Waals surface area contributed by atoms with E-state index in [9.17, 15) is 117 Å². The summed E-state index contributed by atoms with van der Waals surface area (Å²) in [4.78, 5) is 64.1. The maximum atomic E-state index is 12.8. The molecule has 0 saturated heterocycles. The number of aromatic nitrogens is 6. The highest BCUT2D eigenvalue weighted by atomic mass is 32.2. The van der Waals surface area contributed by atoms with Crippen LogP contribution in [0.1, 0.15) is 24.0 Å². The number of carboxylic acid groups (broad SMARTS) is 4. The number of carboxylic acids is 4. The van der Waals surface area contributed by atoms with Gasteiger partial charge in [-0.3, -0.25) is 36.9 Å². The van der Waals surface area contributed by atoms with Gasteiger partial charge in [0.15, 0.2) is 0 Å². The van der Waals surface area contributed by atoms with Gasteiger partial charge in [0.05, 0.1) is 34.0 Å². The molecule has 16 N–H and O–H groups in total. The van der Waals surface area contributed by atoms with Crippen LogP contribution in [0.5, 0.6) is 0 Å². The van der Waals surface area contributed by atoms with Crippen LogP contribution in [0.15, 0.2) is 102 Å². The number of hydrogen-bond donors (Lipinski definition) is 16. The van der Waals surface area contributed by atoms with E-state index in [-0.39, 0.29) is 11.4 Å². The minimum Gasteiger partial charge on any atom is -0.481 e. The third kappa shape index (κ3) is 17.2. The molecule has 6 rings (SSSR count). The number of hydrogen-bond acceptors (Lipinski definition) is 28. The first-order valence-electron chi connectivity index (χ1n) is 21.8. The van der Waals surface area contributed by atoms with E-state index in [0.29, 0.717) is 48.5 Å². The fourth-order valence-electron chi connectivity index (χ4n) is 6.78. The van der Waals surface area contributed by atoms with E-state index >= 15 is 0 Å². The zero-order valence-corrected chi connectivity index (χ0v) is 45.7. The van der Waals surface area contributed by atoms with Gasteiger partial charge in [-0.1, -0.05) is 24.3 Å². The van der Waals surface area contributed by atoms with Crippen molar-refractivity contribution in [1.29, 1.82) is 0 Å². The Labute approximate surface area is 470 Å². The Morgan fingerprint density at radius 2 is 0.679 bits per heavy atom. The molecule has 0 aliphatic rings. The molecule has 6 aromatic rings. The van der Waals surface area contributed by atoms with Crippen LogP contribution < -0.4 is 31.9 Å². The van der Waals surface area contributed by atoms with Crippen LogP contribution in [0.3, 0.4) is 0 Å².